The van der Waals surface area contributed by atoms with Gasteiger partial charge in [-0.1, -0.05) is 117 Å². The summed E-state index contributed by atoms with van der Waals surface area (Å²) in [5.74, 6) is -3.71. The summed E-state index contributed by atoms with van der Waals surface area (Å²) in [5.41, 5.74) is 2.87. The van der Waals surface area contributed by atoms with Gasteiger partial charge >= 0.3 is 5.97 Å². The molecule has 0 aliphatic carbocycles. The van der Waals surface area contributed by atoms with Crippen LogP contribution in [0.25, 0.3) is 23.1 Å². The number of nitrogens with one attached hydrogen (secondary N) is 2. The van der Waals surface area contributed by atoms with Crippen LogP contribution in [0.5, 0.6) is 0 Å². The van der Waals surface area contributed by atoms with Gasteiger partial charge in [0.15, 0.2) is 0 Å². The number of hydrogen-bond acceptors (Lipinski definition) is 4. The fourth-order valence-electron chi connectivity index (χ4n) is 6.92. The molecule has 3 heterocycles. The van der Waals surface area contributed by atoms with Gasteiger partial charge < -0.3 is 10.1 Å². The molecule has 4 atom stereocenters. The molecule has 45 heavy (non-hydrogen) atoms. The Hall–Kier alpha value is -4.75. The van der Waals surface area contributed by atoms with Crippen LogP contribution in [0.15, 0.2) is 97.2 Å². The summed E-state index contributed by atoms with van der Waals surface area (Å²) in [6.07, 6.45) is 13.7. The van der Waals surface area contributed by atoms with Crippen LogP contribution in [0.4, 0.5) is 0 Å². The summed E-state index contributed by atoms with van der Waals surface area (Å²) in [5, 5.41) is 15.1. The molecule has 2 aliphatic rings. The quantitative estimate of drug-likeness (QED) is 0.0719. The molecular formula is C38H39N3O4. The topological polar surface area (TPSA) is 102 Å². The van der Waals surface area contributed by atoms with E-state index in [1.807, 2.05) is 103 Å². The van der Waals surface area contributed by atoms with Crippen LogP contribution in [0.2, 0.25) is 0 Å². The summed E-state index contributed by atoms with van der Waals surface area (Å²) in [4.78, 5) is 46.0. The summed E-state index contributed by atoms with van der Waals surface area (Å²) >= 11 is 0. The molecule has 2 fully saturated rings. The molecule has 0 spiro atoms. The van der Waals surface area contributed by atoms with Gasteiger partial charge in [0.25, 0.3) is 0 Å². The zero-order valence-corrected chi connectivity index (χ0v) is 25.5. The van der Waals surface area contributed by atoms with Crippen LogP contribution < -0.4 is 5.32 Å². The van der Waals surface area contributed by atoms with Crippen molar-refractivity contribution in [2.45, 2.75) is 50.6 Å². The number of amides is 2. The number of aliphatic carboxylic acids is 1. The minimum atomic E-state index is -1.66. The molecule has 6 rings (SSSR count). The van der Waals surface area contributed by atoms with Crippen molar-refractivity contribution in [2.75, 3.05) is 6.54 Å². The number of allylic oxidation sites excluding steroid dienone is 1. The molecule has 4 aromatic rings. The first-order chi connectivity index (χ1) is 21.9. The van der Waals surface area contributed by atoms with Gasteiger partial charge in [-0.25, -0.2) is 0 Å². The van der Waals surface area contributed by atoms with Crippen molar-refractivity contribution in [3.63, 3.8) is 0 Å². The van der Waals surface area contributed by atoms with E-state index in [1.54, 1.807) is 0 Å². The van der Waals surface area contributed by atoms with Crippen LogP contribution >= 0.6 is 0 Å². The molecule has 230 valence electrons. The molecule has 0 radical (unpaired) electrons. The lowest BCUT2D eigenvalue weighted by Gasteiger charge is -2.31. The summed E-state index contributed by atoms with van der Waals surface area (Å²) < 4.78 is 0. The molecular weight excluding hydrogens is 562 g/mol. The number of carbonyl (C=O) groups is 3. The maximum Gasteiger partial charge on any atom is 0.325 e. The van der Waals surface area contributed by atoms with E-state index in [-0.39, 0.29) is 18.9 Å². The Bertz CT molecular complexity index is 1740. The van der Waals surface area contributed by atoms with Crippen molar-refractivity contribution in [2.24, 2.45) is 11.8 Å². The minimum Gasteiger partial charge on any atom is -0.480 e. The Morgan fingerprint density at radius 2 is 1.58 bits per heavy atom. The van der Waals surface area contributed by atoms with Gasteiger partial charge in [0.1, 0.15) is 5.54 Å². The van der Waals surface area contributed by atoms with Crippen LogP contribution in [0.1, 0.15) is 60.9 Å². The number of imide groups is 1. The third kappa shape index (κ3) is 5.88. The first kappa shape index (κ1) is 30.3. The number of carboxylic acids is 1. The average molecular weight is 602 g/mol. The van der Waals surface area contributed by atoms with Gasteiger partial charge in [0, 0.05) is 36.1 Å². The van der Waals surface area contributed by atoms with E-state index >= 15 is 0 Å². The lowest BCUT2D eigenvalue weighted by molar-refractivity contribution is -0.151. The van der Waals surface area contributed by atoms with E-state index in [4.69, 9.17) is 0 Å². The lowest BCUT2D eigenvalue weighted by Crippen LogP contribution is -2.57. The SMILES string of the molecule is CCCCC=CCCN1C(=O)C2C(c3ccc(C=Cc4ccccc4)cc3)NC(Cc3c[nH]c4ccccc34)(C(=O)O)C2C1=O. The third-order valence-corrected chi connectivity index (χ3v) is 9.25. The number of likely N-dealkylation sites (tertiary alicyclic amines) is 1. The molecule has 3 N–H and O–H groups in total. The number of para-hydroxylation sites is 1. The summed E-state index contributed by atoms with van der Waals surface area (Å²) in [6, 6.07) is 24.9. The number of carboxylic acid groups (broad SMARTS) is 1. The standard InChI is InChI=1S/C38H39N3O4/c1-2-3-4-5-6-12-23-41-35(42)32-33(36(41)43)38(37(44)45,24-29-25-39-31-16-11-10-15-30(29)31)40-34(32)28-21-19-27(20-22-28)18-17-26-13-8-7-9-14-26/h5-11,13-22,25,32-34,39-40H,2-4,12,23-24H2,1H3,(H,44,45). The Balaban J connectivity index is 1.33. The molecule has 2 aliphatic heterocycles. The van der Waals surface area contributed by atoms with E-state index in [1.165, 1.54) is 4.90 Å². The predicted molar refractivity (Wildman–Crippen MR) is 177 cm³/mol. The molecule has 1 aromatic heterocycles. The van der Waals surface area contributed by atoms with Crippen molar-refractivity contribution < 1.29 is 19.5 Å². The molecule has 2 saturated heterocycles. The highest BCUT2D eigenvalue weighted by atomic mass is 16.4. The number of carbonyl (C=O) groups excluding carboxylic acids is 2. The second-order valence-electron chi connectivity index (χ2n) is 12.1. The fourth-order valence-corrected chi connectivity index (χ4v) is 6.92. The third-order valence-electron chi connectivity index (χ3n) is 9.25. The van der Waals surface area contributed by atoms with Crippen LogP contribution in [-0.4, -0.2) is 44.9 Å². The van der Waals surface area contributed by atoms with E-state index in [2.05, 4.69) is 23.3 Å². The number of nitrogens with zero attached hydrogens (tertiary/aromatic N) is 1. The number of H-pyrrole nitrogens is 1. The van der Waals surface area contributed by atoms with Gasteiger partial charge in [-0.15, -0.1) is 0 Å². The number of aromatic nitrogens is 1. The van der Waals surface area contributed by atoms with Crippen molar-refractivity contribution in [1.82, 2.24) is 15.2 Å². The smallest absolute Gasteiger partial charge is 0.325 e. The molecule has 4 unspecified atom stereocenters. The Morgan fingerprint density at radius 3 is 2.31 bits per heavy atom. The van der Waals surface area contributed by atoms with E-state index in [9.17, 15) is 19.5 Å². The normalized spacial score (nSPS) is 23.1. The number of benzene rings is 3. The van der Waals surface area contributed by atoms with Crippen LogP contribution in [0, 0.1) is 11.8 Å². The number of hydrogen-bond donors (Lipinski definition) is 3. The van der Waals surface area contributed by atoms with E-state index in [0.29, 0.717) is 6.42 Å². The van der Waals surface area contributed by atoms with Gasteiger partial charge in [-0.05, 0) is 41.2 Å². The molecule has 7 nitrogen and oxygen atoms in total. The van der Waals surface area contributed by atoms with Crippen LogP contribution in [-0.2, 0) is 20.8 Å². The summed E-state index contributed by atoms with van der Waals surface area (Å²) in [6.45, 7) is 2.38. The highest BCUT2D eigenvalue weighted by Crippen LogP contribution is 2.50. The fraction of sp³-hybridized carbons (Fsp3) is 0.289. The van der Waals surface area contributed by atoms with Crippen molar-refractivity contribution in [3.05, 3.63) is 119 Å². The number of aromatic amines is 1. The monoisotopic (exact) mass is 601 g/mol. The Morgan fingerprint density at radius 1 is 0.889 bits per heavy atom. The molecule has 0 saturated carbocycles. The van der Waals surface area contributed by atoms with Gasteiger partial charge in [-0.3, -0.25) is 24.6 Å². The zero-order valence-electron chi connectivity index (χ0n) is 25.5. The van der Waals surface area contributed by atoms with E-state index < -0.39 is 35.3 Å². The van der Waals surface area contributed by atoms with Gasteiger partial charge in [0.2, 0.25) is 11.8 Å². The maximum atomic E-state index is 14.1. The number of unbranched alkanes of at least 4 members (excludes halogenated alkanes) is 2. The van der Waals surface area contributed by atoms with Crippen molar-refractivity contribution in [1.29, 1.82) is 0 Å². The van der Waals surface area contributed by atoms with Crippen molar-refractivity contribution in [3.8, 4) is 0 Å². The first-order valence-corrected chi connectivity index (χ1v) is 15.8. The molecule has 2 amide bonds. The summed E-state index contributed by atoms with van der Waals surface area (Å²) in [7, 11) is 0. The van der Waals surface area contributed by atoms with Gasteiger partial charge in [0.05, 0.1) is 11.8 Å². The Labute approximate surface area is 263 Å². The second-order valence-corrected chi connectivity index (χ2v) is 12.1. The highest BCUT2D eigenvalue weighted by molar-refractivity contribution is 6.09. The number of fused-ring (bicyclic) bond motifs is 2. The lowest BCUT2D eigenvalue weighted by atomic mass is 9.76. The Kier molecular flexibility index (Phi) is 8.80. The molecule has 0 bridgehead atoms. The maximum absolute atomic E-state index is 14.1. The first-order valence-electron chi connectivity index (χ1n) is 15.8. The molecule has 3 aromatic carbocycles. The van der Waals surface area contributed by atoms with E-state index in [0.717, 1.165) is 52.4 Å². The largest absolute Gasteiger partial charge is 0.480 e. The average Bonchev–Trinajstić information content (AvgIpc) is 3.71. The molecule has 7 heteroatoms. The predicted octanol–water partition coefficient (Wildman–Crippen LogP) is 6.79. The number of rotatable bonds is 12. The zero-order chi connectivity index (χ0) is 31.4. The van der Waals surface area contributed by atoms with Gasteiger partial charge in [-0.2, -0.15) is 0 Å². The van der Waals surface area contributed by atoms with Crippen LogP contribution in [0.3, 0.4) is 0 Å². The van der Waals surface area contributed by atoms with Crippen molar-refractivity contribution >= 4 is 40.8 Å². The second kappa shape index (κ2) is 13.1. The minimum absolute atomic E-state index is 0.0612. The highest BCUT2D eigenvalue weighted by Gasteiger charge is 2.68.